The Morgan fingerprint density at radius 1 is 0.966 bits per heavy atom. The summed E-state index contributed by atoms with van der Waals surface area (Å²) in [6, 6.07) is 23.0. The van der Waals surface area contributed by atoms with Gasteiger partial charge < -0.3 is 10.6 Å². The van der Waals surface area contributed by atoms with Gasteiger partial charge in [0.25, 0.3) is 11.6 Å². The van der Waals surface area contributed by atoms with Crippen molar-refractivity contribution in [3.8, 4) is 0 Å². The summed E-state index contributed by atoms with van der Waals surface area (Å²) in [6.45, 7) is 3.78. The van der Waals surface area contributed by atoms with Crippen molar-refractivity contribution in [1.82, 2.24) is 0 Å². The number of nitrogens with zero attached hydrogens (tertiary/aromatic N) is 1. The lowest BCUT2D eigenvalue weighted by atomic mass is 9.99. The number of quaternary nitrogens is 1. The molecule has 0 aliphatic rings. The van der Waals surface area contributed by atoms with E-state index in [-0.39, 0.29) is 29.9 Å². The molecule has 0 heterocycles. The summed E-state index contributed by atoms with van der Waals surface area (Å²) in [5.74, 6) is -0.279. The predicted octanol–water partition coefficient (Wildman–Crippen LogP) is 3.50. The van der Waals surface area contributed by atoms with Crippen LogP contribution in [0.15, 0.2) is 72.8 Å². The molecule has 29 heavy (non-hydrogen) atoms. The van der Waals surface area contributed by atoms with Gasteiger partial charge >= 0.3 is 0 Å². The van der Waals surface area contributed by atoms with Gasteiger partial charge in [0.05, 0.1) is 4.92 Å². The van der Waals surface area contributed by atoms with Gasteiger partial charge in [0.15, 0.2) is 6.54 Å². The van der Waals surface area contributed by atoms with Crippen molar-refractivity contribution in [2.75, 3.05) is 11.9 Å². The van der Waals surface area contributed by atoms with Crippen LogP contribution in [-0.4, -0.2) is 17.4 Å². The number of amides is 1. The molecule has 0 aliphatic heterocycles. The van der Waals surface area contributed by atoms with E-state index in [9.17, 15) is 14.9 Å². The topological polar surface area (TPSA) is 88.9 Å². The fourth-order valence-electron chi connectivity index (χ4n) is 3.31. The summed E-state index contributed by atoms with van der Waals surface area (Å²) in [7, 11) is 0. The smallest absolute Gasteiger partial charge is 0.293 e. The van der Waals surface area contributed by atoms with E-state index in [4.69, 9.17) is 0 Å². The number of nitrogens with two attached hydrogens (primary N) is 1. The Morgan fingerprint density at radius 2 is 1.52 bits per heavy atom. The summed E-state index contributed by atoms with van der Waals surface area (Å²) < 4.78 is 0. The number of hydrogen-bond donors (Lipinski definition) is 2. The number of benzene rings is 3. The van der Waals surface area contributed by atoms with Crippen molar-refractivity contribution in [1.29, 1.82) is 0 Å². The van der Waals surface area contributed by atoms with Gasteiger partial charge in [-0.3, -0.25) is 14.9 Å². The number of anilines is 1. The van der Waals surface area contributed by atoms with Crippen LogP contribution in [0.5, 0.6) is 0 Å². The highest BCUT2D eigenvalue weighted by Gasteiger charge is 2.22. The predicted molar refractivity (Wildman–Crippen MR) is 113 cm³/mol. The van der Waals surface area contributed by atoms with Gasteiger partial charge in [-0.15, -0.1) is 0 Å². The van der Waals surface area contributed by atoms with Crippen LogP contribution < -0.4 is 10.6 Å². The van der Waals surface area contributed by atoms with Crippen molar-refractivity contribution in [2.45, 2.75) is 19.9 Å². The molecular formula is C23H24N3O3+. The van der Waals surface area contributed by atoms with E-state index in [2.05, 4.69) is 5.32 Å². The van der Waals surface area contributed by atoms with Crippen LogP contribution in [-0.2, 0) is 4.79 Å². The molecule has 0 fully saturated rings. The highest BCUT2D eigenvalue weighted by Crippen LogP contribution is 2.30. The zero-order valence-corrected chi connectivity index (χ0v) is 16.5. The van der Waals surface area contributed by atoms with Crippen LogP contribution >= 0.6 is 0 Å². The first-order chi connectivity index (χ1) is 14.0. The number of nitro groups is 1. The van der Waals surface area contributed by atoms with E-state index < -0.39 is 4.92 Å². The van der Waals surface area contributed by atoms with E-state index in [1.807, 2.05) is 72.9 Å². The molecule has 3 rings (SSSR count). The Labute approximate surface area is 169 Å². The fraction of sp³-hybridized carbons (Fsp3) is 0.174. The SMILES string of the molecule is Cc1ccc([N+](=O)[O-])c(NC(=O)C[NH2+]C(c2ccccc2)c2ccccc2)c1C. The third kappa shape index (κ3) is 4.86. The Hall–Kier alpha value is -3.51. The molecule has 0 saturated heterocycles. The zero-order valence-electron chi connectivity index (χ0n) is 16.5. The number of carbonyl (C=O) groups is 1. The molecule has 6 nitrogen and oxygen atoms in total. The standard InChI is InChI=1S/C23H23N3O3/c1-16-13-14-20(26(28)29)22(17(16)2)25-21(27)15-24-23(18-9-5-3-6-10-18)19-11-7-4-8-12-19/h3-14,23-24H,15H2,1-2H3,(H,25,27)/p+1. The minimum Gasteiger partial charge on any atom is -0.328 e. The molecule has 3 aromatic carbocycles. The number of nitro benzene ring substituents is 1. The van der Waals surface area contributed by atoms with Crippen LogP contribution in [0.1, 0.15) is 28.3 Å². The Kier molecular flexibility index (Phi) is 6.36. The molecule has 148 valence electrons. The molecule has 0 aliphatic carbocycles. The van der Waals surface area contributed by atoms with Crippen LogP contribution in [0, 0.1) is 24.0 Å². The Bertz CT molecular complexity index is 965. The minimum atomic E-state index is -0.470. The van der Waals surface area contributed by atoms with Crippen molar-refractivity contribution in [3.63, 3.8) is 0 Å². The van der Waals surface area contributed by atoms with Gasteiger partial charge in [0, 0.05) is 17.2 Å². The summed E-state index contributed by atoms with van der Waals surface area (Å²) in [5.41, 5.74) is 3.94. The molecule has 0 atom stereocenters. The monoisotopic (exact) mass is 390 g/mol. The molecule has 0 radical (unpaired) electrons. The van der Waals surface area contributed by atoms with Crippen LogP contribution in [0.3, 0.4) is 0 Å². The number of hydrogen-bond acceptors (Lipinski definition) is 3. The Balaban J connectivity index is 1.78. The second-order valence-electron chi connectivity index (χ2n) is 6.95. The summed E-state index contributed by atoms with van der Waals surface area (Å²) in [4.78, 5) is 23.5. The summed E-state index contributed by atoms with van der Waals surface area (Å²) >= 11 is 0. The lowest BCUT2D eigenvalue weighted by Crippen LogP contribution is -2.87. The zero-order chi connectivity index (χ0) is 20.8. The number of aryl methyl sites for hydroxylation is 1. The molecular weight excluding hydrogens is 366 g/mol. The van der Waals surface area contributed by atoms with Gasteiger partial charge in [0.2, 0.25) is 0 Å². The molecule has 0 bridgehead atoms. The summed E-state index contributed by atoms with van der Waals surface area (Å²) in [5, 5.41) is 16.0. The first kappa shape index (κ1) is 20.2. The molecule has 3 aromatic rings. The average molecular weight is 390 g/mol. The quantitative estimate of drug-likeness (QED) is 0.478. The largest absolute Gasteiger partial charge is 0.328 e. The van der Waals surface area contributed by atoms with Crippen molar-refractivity contribution in [3.05, 3.63) is 105 Å². The van der Waals surface area contributed by atoms with Crippen molar-refractivity contribution < 1.29 is 15.0 Å². The number of nitrogens with one attached hydrogen (secondary N) is 1. The Morgan fingerprint density at radius 3 is 2.03 bits per heavy atom. The molecule has 0 aromatic heterocycles. The maximum absolute atomic E-state index is 12.7. The van der Waals surface area contributed by atoms with Crippen LogP contribution in [0.2, 0.25) is 0 Å². The number of rotatable bonds is 7. The molecule has 0 saturated carbocycles. The highest BCUT2D eigenvalue weighted by molar-refractivity contribution is 5.94. The third-order valence-electron chi connectivity index (χ3n) is 5.03. The van der Waals surface area contributed by atoms with Gasteiger partial charge in [-0.2, -0.15) is 0 Å². The molecule has 3 N–H and O–H groups in total. The van der Waals surface area contributed by atoms with E-state index in [0.29, 0.717) is 5.56 Å². The summed E-state index contributed by atoms with van der Waals surface area (Å²) in [6.07, 6.45) is 0. The van der Waals surface area contributed by atoms with Crippen molar-refractivity contribution in [2.24, 2.45) is 0 Å². The maximum atomic E-state index is 12.7. The molecule has 0 unspecified atom stereocenters. The van der Waals surface area contributed by atoms with Gasteiger partial charge in [-0.25, -0.2) is 0 Å². The lowest BCUT2D eigenvalue weighted by molar-refractivity contribution is -0.676. The maximum Gasteiger partial charge on any atom is 0.293 e. The third-order valence-corrected chi connectivity index (χ3v) is 5.03. The van der Waals surface area contributed by atoms with Gasteiger partial charge in [-0.1, -0.05) is 66.7 Å². The van der Waals surface area contributed by atoms with Crippen molar-refractivity contribution >= 4 is 17.3 Å². The molecule has 1 amide bonds. The van der Waals surface area contributed by atoms with Gasteiger partial charge in [0.1, 0.15) is 11.7 Å². The van der Waals surface area contributed by atoms with Crippen LogP contribution in [0.25, 0.3) is 0 Å². The second-order valence-corrected chi connectivity index (χ2v) is 6.95. The first-order valence-electron chi connectivity index (χ1n) is 9.45. The second kappa shape index (κ2) is 9.12. The van der Waals surface area contributed by atoms with E-state index in [1.165, 1.54) is 6.07 Å². The van der Waals surface area contributed by atoms with Gasteiger partial charge in [-0.05, 0) is 25.0 Å². The molecule has 0 spiro atoms. The van der Waals surface area contributed by atoms with E-state index in [0.717, 1.165) is 16.7 Å². The number of carbonyl (C=O) groups excluding carboxylic acids is 1. The van der Waals surface area contributed by atoms with E-state index >= 15 is 0 Å². The lowest BCUT2D eigenvalue weighted by Gasteiger charge is -2.17. The normalized spacial score (nSPS) is 10.7. The van der Waals surface area contributed by atoms with E-state index in [1.54, 1.807) is 13.0 Å². The minimum absolute atomic E-state index is 0.0447. The fourth-order valence-corrected chi connectivity index (χ4v) is 3.31. The molecule has 6 heteroatoms. The van der Waals surface area contributed by atoms with Crippen LogP contribution in [0.4, 0.5) is 11.4 Å². The first-order valence-corrected chi connectivity index (χ1v) is 9.45. The average Bonchev–Trinajstić information content (AvgIpc) is 2.73. The highest BCUT2D eigenvalue weighted by atomic mass is 16.6.